The Morgan fingerprint density at radius 2 is 1.75 bits per heavy atom. The molecule has 0 bridgehead atoms. The maximum absolute atomic E-state index is 13.3. The first-order chi connectivity index (χ1) is 19.1. The fourth-order valence-corrected chi connectivity index (χ4v) is 4.27. The molecule has 0 atom stereocenters. The van der Waals surface area contributed by atoms with E-state index >= 15 is 0 Å². The first-order valence-electron chi connectivity index (χ1n) is 12.1. The highest BCUT2D eigenvalue weighted by molar-refractivity contribution is 6.30. The predicted octanol–water partition coefficient (Wildman–Crippen LogP) is 4.58. The van der Waals surface area contributed by atoms with Gasteiger partial charge in [-0.1, -0.05) is 41.9 Å². The maximum atomic E-state index is 13.3. The normalized spacial score (nSPS) is 11.3. The summed E-state index contributed by atoms with van der Waals surface area (Å²) in [5.41, 5.74) is 0.186. The van der Waals surface area contributed by atoms with Crippen LogP contribution in [0.15, 0.2) is 77.6 Å². The SMILES string of the molecule is COC(=O)c1cccc(Cn2c(-c3ccc(Cl)cc3)nn(CC(=O)NCCc3ccccc3C(F)(F)F)c2=O)c1. The zero-order chi connectivity index (χ0) is 28.9. The fourth-order valence-electron chi connectivity index (χ4n) is 4.14. The molecule has 0 saturated heterocycles. The number of hydrogen-bond acceptors (Lipinski definition) is 5. The van der Waals surface area contributed by atoms with Gasteiger partial charge >= 0.3 is 17.8 Å². The van der Waals surface area contributed by atoms with E-state index in [4.69, 9.17) is 16.3 Å². The number of carbonyl (C=O) groups is 2. The van der Waals surface area contributed by atoms with Gasteiger partial charge in [0.1, 0.15) is 6.54 Å². The number of carbonyl (C=O) groups excluding carboxylic acids is 2. The number of rotatable bonds is 9. The number of esters is 1. The standard InChI is InChI=1S/C28H24ClF3N4O4/c1-40-26(38)21-7-4-5-18(15-21)16-35-25(20-9-11-22(29)12-10-20)34-36(27(35)39)17-24(37)33-14-13-19-6-2-3-8-23(19)28(30,31)32/h2-12,15H,13-14,16-17H2,1H3,(H,33,37). The van der Waals surface area contributed by atoms with E-state index in [-0.39, 0.29) is 30.9 Å². The molecule has 208 valence electrons. The zero-order valence-electron chi connectivity index (χ0n) is 21.2. The van der Waals surface area contributed by atoms with Crippen molar-refractivity contribution < 1.29 is 27.5 Å². The van der Waals surface area contributed by atoms with Crippen LogP contribution in [-0.4, -0.2) is 39.9 Å². The summed E-state index contributed by atoms with van der Waals surface area (Å²) >= 11 is 6.01. The van der Waals surface area contributed by atoms with Crippen LogP contribution in [0.4, 0.5) is 13.2 Å². The molecule has 12 heteroatoms. The van der Waals surface area contributed by atoms with Gasteiger partial charge in [0, 0.05) is 17.1 Å². The van der Waals surface area contributed by atoms with Crippen LogP contribution in [0.2, 0.25) is 5.02 Å². The Morgan fingerprint density at radius 1 is 1.02 bits per heavy atom. The minimum atomic E-state index is -4.50. The Hall–Kier alpha value is -4.38. The lowest BCUT2D eigenvalue weighted by Crippen LogP contribution is -2.34. The number of halogens is 4. The third kappa shape index (κ3) is 6.78. The van der Waals surface area contributed by atoms with Crippen LogP contribution in [-0.2, 0) is 35.2 Å². The molecule has 0 aliphatic heterocycles. The second-order valence-electron chi connectivity index (χ2n) is 8.80. The summed E-state index contributed by atoms with van der Waals surface area (Å²) in [5.74, 6) is -0.860. The topological polar surface area (TPSA) is 95.2 Å². The molecule has 1 amide bonds. The minimum Gasteiger partial charge on any atom is -0.465 e. The van der Waals surface area contributed by atoms with Crippen LogP contribution in [0.5, 0.6) is 0 Å². The van der Waals surface area contributed by atoms with Crippen molar-refractivity contribution >= 4 is 23.5 Å². The summed E-state index contributed by atoms with van der Waals surface area (Å²) in [6.07, 6.45) is -4.55. The van der Waals surface area contributed by atoms with Crippen molar-refractivity contribution in [3.63, 3.8) is 0 Å². The number of methoxy groups -OCH3 is 1. The second-order valence-corrected chi connectivity index (χ2v) is 9.24. The van der Waals surface area contributed by atoms with Crippen LogP contribution in [0.1, 0.15) is 27.0 Å². The number of alkyl halides is 3. The summed E-state index contributed by atoms with van der Waals surface area (Å²) < 4.78 is 46.8. The Balaban J connectivity index is 1.55. The maximum Gasteiger partial charge on any atom is 0.416 e. The van der Waals surface area contributed by atoms with Gasteiger partial charge < -0.3 is 10.1 Å². The Labute approximate surface area is 232 Å². The summed E-state index contributed by atoms with van der Waals surface area (Å²) in [4.78, 5) is 37.9. The highest BCUT2D eigenvalue weighted by Crippen LogP contribution is 2.31. The van der Waals surface area contributed by atoms with Gasteiger partial charge in [0.15, 0.2) is 5.82 Å². The monoisotopic (exact) mass is 572 g/mol. The molecule has 1 heterocycles. The zero-order valence-corrected chi connectivity index (χ0v) is 22.0. The predicted molar refractivity (Wildman–Crippen MR) is 142 cm³/mol. The van der Waals surface area contributed by atoms with E-state index in [0.29, 0.717) is 21.7 Å². The number of benzene rings is 3. The quantitative estimate of drug-likeness (QED) is 0.296. The van der Waals surface area contributed by atoms with Crippen molar-refractivity contribution in [2.24, 2.45) is 0 Å². The van der Waals surface area contributed by atoms with E-state index in [2.05, 4.69) is 10.4 Å². The third-order valence-corrected chi connectivity index (χ3v) is 6.30. The molecular formula is C28H24ClF3N4O4. The van der Waals surface area contributed by atoms with E-state index in [1.165, 1.54) is 29.9 Å². The summed E-state index contributed by atoms with van der Waals surface area (Å²) in [6, 6.07) is 18.3. The van der Waals surface area contributed by atoms with Gasteiger partial charge in [-0.15, -0.1) is 5.10 Å². The average Bonchev–Trinajstić information content (AvgIpc) is 3.22. The highest BCUT2D eigenvalue weighted by Gasteiger charge is 2.32. The molecule has 0 spiro atoms. The first kappa shape index (κ1) is 28.6. The smallest absolute Gasteiger partial charge is 0.416 e. The van der Waals surface area contributed by atoms with Crippen molar-refractivity contribution in [3.8, 4) is 11.4 Å². The molecule has 0 fully saturated rings. The second kappa shape index (κ2) is 12.2. The lowest BCUT2D eigenvalue weighted by molar-refractivity contribution is -0.138. The van der Waals surface area contributed by atoms with E-state index in [1.807, 2.05) is 0 Å². The van der Waals surface area contributed by atoms with Gasteiger partial charge in [0.05, 0.1) is 24.8 Å². The van der Waals surface area contributed by atoms with Gasteiger partial charge in [-0.2, -0.15) is 13.2 Å². The van der Waals surface area contributed by atoms with E-state index in [9.17, 15) is 27.6 Å². The molecule has 4 rings (SSSR count). The summed E-state index contributed by atoms with van der Waals surface area (Å²) in [7, 11) is 1.27. The van der Waals surface area contributed by atoms with Crippen molar-refractivity contribution in [1.29, 1.82) is 0 Å². The molecule has 0 unspecified atom stereocenters. The van der Waals surface area contributed by atoms with Gasteiger partial charge in [0.25, 0.3) is 0 Å². The number of amides is 1. The summed E-state index contributed by atoms with van der Waals surface area (Å²) in [6.45, 7) is -0.473. The lowest BCUT2D eigenvalue weighted by Gasteiger charge is -2.12. The number of nitrogens with one attached hydrogen (secondary N) is 1. The third-order valence-electron chi connectivity index (χ3n) is 6.05. The molecule has 0 saturated carbocycles. The van der Waals surface area contributed by atoms with Crippen LogP contribution >= 0.6 is 11.6 Å². The molecule has 0 aliphatic carbocycles. The van der Waals surface area contributed by atoms with Gasteiger partial charge in [-0.25, -0.2) is 14.3 Å². The number of ether oxygens (including phenoxy) is 1. The fraction of sp³-hybridized carbons (Fsp3) is 0.214. The van der Waals surface area contributed by atoms with Crippen molar-refractivity contribution in [1.82, 2.24) is 19.7 Å². The van der Waals surface area contributed by atoms with Crippen molar-refractivity contribution in [2.75, 3.05) is 13.7 Å². The molecule has 8 nitrogen and oxygen atoms in total. The Morgan fingerprint density at radius 3 is 2.45 bits per heavy atom. The molecule has 1 aromatic heterocycles. The van der Waals surface area contributed by atoms with Crippen LogP contribution in [0, 0.1) is 0 Å². The van der Waals surface area contributed by atoms with Gasteiger partial charge in [-0.3, -0.25) is 9.36 Å². The lowest BCUT2D eigenvalue weighted by atomic mass is 10.0. The molecule has 4 aromatic rings. The Kier molecular flexibility index (Phi) is 8.73. The van der Waals surface area contributed by atoms with Crippen LogP contribution in [0.25, 0.3) is 11.4 Å². The van der Waals surface area contributed by atoms with Gasteiger partial charge in [0.2, 0.25) is 5.91 Å². The van der Waals surface area contributed by atoms with E-state index < -0.39 is 35.9 Å². The molecule has 3 aromatic carbocycles. The Bertz CT molecular complexity index is 1580. The van der Waals surface area contributed by atoms with Crippen LogP contribution < -0.4 is 11.0 Å². The number of aromatic nitrogens is 3. The molecule has 0 radical (unpaired) electrons. The largest absolute Gasteiger partial charge is 0.465 e. The van der Waals surface area contributed by atoms with Crippen molar-refractivity contribution in [2.45, 2.75) is 25.7 Å². The first-order valence-corrected chi connectivity index (χ1v) is 12.5. The molecule has 40 heavy (non-hydrogen) atoms. The molecular weight excluding hydrogens is 549 g/mol. The number of nitrogens with zero attached hydrogens (tertiary/aromatic N) is 3. The number of hydrogen-bond donors (Lipinski definition) is 1. The molecule has 1 N–H and O–H groups in total. The minimum absolute atomic E-state index is 0.0392. The summed E-state index contributed by atoms with van der Waals surface area (Å²) in [5, 5.41) is 7.39. The van der Waals surface area contributed by atoms with E-state index in [0.717, 1.165) is 10.7 Å². The molecule has 0 aliphatic rings. The van der Waals surface area contributed by atoms with Gasteiger partial charge in [-0.05, 0) is 60.0 Å². The van der Waals surface area contributed by atoms with Crippen LogP contribution in [0.3, 0.4) is 0 Å². The van der Waals surface area contributed by atoms with E-state index in [1.54, 1.807) is 48.5 Å². The highest BCUT2D eigenvalue weighted by atomic mass is 35.5. The average molecular weight is 573 g/mol. The van der Waals surface area contributed by atoms with Crippen molar-refractivity contribution in [3.05, 3.63) is 111 Å².